The molecule has 3 rings (SSSR count). The number of rotatable bonds is 6. The maximum Gasteiger partial charge on any atom is 0.237 e. The Morgan fingerprint density at radius 1 is 1.24 bits per heavy atom. The Bertz CT molecular complexity index is 721. The molecule has 0 aromatic heterocycles. The minimum absolute atomic E-state index is 0.0399. The second-order valence-corrected chi connectivity index (χ2v) is 7.16. The number of amides is 1. The van der Waals surface area contributed by atoms with Gasteiger partial charge in [-0.2, -0.15) is 0 Å². The molecule has 1 N–H and O–H groups in total. The fraction of sp³-hybridized carbons (Fsp3) is 0.350. The molecule has 2 aromatic rings. The SMILES string of the molecule is COc1ccc(CNC(=O)C2CCCN2Cc2ccccc2)cc1Br. The van der Waals surface area contributed by atoms with Crippen molar-refractivity contribution in [2.75, 3.05) is 13.7 Å². The number of carbonyl (C=O) groups is 1. The van der Waals surface area contributed by atoms with Crippen molar-refractivity contribution in [2.45, 2.75) is 32.0 Å². The van der Waals surface area contributed by atoms with Gasteiger partial charge in [-0.3, -0.25) is 9.69 Å². The third-order valence-electron chi connectivity index (χ3n) is 4.58. The van der Waals surface area contributed by atoms with E-state index in [0.29, 0.717) is 6.54 Å². The van der Waals surface area contributed by atoms with Crippen LogP contribution in [0.5, 0.6) is 5.75 Å². The normalized spacial score (nSPS) is 17.4. The molecule has 0 radical (unpaired) electrons. The van der Waals surface area contributed by atoms with Crippen LogP contribution in [0.25, 0.3) is 0 Å². The average Bonchev–Trinajstić information content (AvgIpc) is 3.09. The van der Waals surface area contributed by atoms with Crippen molar-refractivity contribution in [3.63, 3.8) is 0 Å². The molecular formula is C20H23BrN2O2. The first-order valence-electron chi connectivity index (χ1n) is 8.55. The first-order valence-corrected chi connectivity index (χ1v) is 9.35. The molecule has 1 aliphatic heterocycles. The molecule has 5 heteroatoms. The summed E-state index contributed by atoms with van der Waals surface area (Å²) in [5.41, 5.74) is 2.30. The van der Waals surface area contributed by atoms with E-state index in [0.717, 1.165) is 41.7 Å². The van der Waals surface area contributed by atoms with E-state index in [-0.39, 0.29) is 11.9 Å². The van der Waals surface area contributed by atoms with Crippen LogP contribution in [0.2, 0.25) is 0 Å². The first kappa shape index (κ1) is 18.0. The van der Waals surface area contributed by atoms with E-state index in [1.54, 1.807) is 7.11 Å². The van der Waals surface area contributed by atoms with E-state index >= 15 is 0 Å². The van der Waals surface area contributed by atoms with Crippen LogP contribution in [0.4, 0.5) is 0 Å². The molecule has 132 valence electrons. The van der Waals surface area contributed by atoms with Crippen LogP contribution in [-0.4, -0.2) is 30.5 Å². The highest BCUT2D eigenvalue weighted by atomic mass is 79.9. The molecule has 1 amide bonds. The van der Waals surface area contributed by atoms with Gasteiger partial charge in [0.25, 0.3) is 0 Å². The lowest BCUT2D eigenvalue weighted by Gasteiger charge is -2.23. The first-order chi connectivity index (χ1) is 12.2. The fourth-order valence-corrected chi connectivity index (χ4v) is 3.85. The summed E-state index contributed by atoms with van der Waals surface area (Å²) in [4.78, 5) is 14.9. The molecule has 0 aliphatic carbocycles. The fourth-order valence-electron chi connectivity index (χ4n) is 3.26. The van der Waals surface area contributed by atoms with Crippen molar-refractivity contribution in [1.29, 1.82) is 0 Å². The van der Waals surface area contributed by atoms with Crippen LogP contribution >= 0.6 is 15.9 Å². The van der Waals surface area contributed by atoms with Gasteiger partial charge in [-0.1, -0.05) is 36.4 Å². The number of nitrogens with one attached hydrogen (secondary N) is 1. The Balaban J connectivity index is 1.57. The predicted molar refractivity (Wildman–Crippen MR) is 102 cm³/mol. The number of benzene rings is 2. The van der Waals surface area contributed by atoms with Crippen LogP contribution in [0, 0.1) is 0 Å². The standard InChI is InChI=1S/C20H23BrN2O2/c1-25-19-10-9-16(12-17(19)21)13-22-20(24)18-8-5-11-23(18)14-15-6-3-2-4-7-15/h2-4,6-7,9-10,12,18H,5,8,11,13-14H2,1H3,(H,22,24). The van der Waals surface area contributed by atoms with Crippen molar-refractivity contribution in [1.82, 2.24) is 10.2 Å². The maximum atomic E-state index is 12.6. The van der Waals surface area contributed by atoms with Crippen molar-refractivity contribution < 1.29 is 9.53 Å². The molecule has 0 saturated carbocycles. The van der Waals surface area contributed by atoms with E-state index in [2.05, 4.69) is 38.3 Å². The Morgan fingerprint density at radius 3 is 2.76 bits per heavy atom. The van der Waals surface area contributed by atoms with E-state index in [4.69, 9.17) is 4.74 Å². The number of hydrogen-bond acceptors (Lipinski definition) is 3. The quantitative estimate of drug-likeness (QED) is 0.799. The number of halogens is 1. The molecule has 1 unspecified atom stereocenters. The molecule has 1 aliphatic rings. The van der Waals surface area contributed by atoms with Gasteiger partial charge in [0, 0.05) is 13.1 Å². The number of likely N-dealkylation sites (tertiary alicyclic amines) is 1. The molecule has 1 fully saturated rings. The Morgan fingerprint density at radius 2 is 2.04 bits per heavy atom. The lowest BCUT2D eigenvalue weighted by Crippen LogP contribution is -2.42. The average molecular weight is 403 g/mol. The second-order valence-electron chi connectivity index (χ2n) is 6.30. The number of hydrogen-bond donors (Lipinski definition) is 1. The van der Waals surface area contributed by atoms with Gasteiger partial charge in [0.1, 0.15) is 5.75 Å². The number of carbonyl (C=O) groups excluding carboxylic acids is 1. The van der Waals surface area contributed by atoms with E-state index in [9.17, 15) is 4.79 Å². The minimum atomic E-state index is -0.0399. The van der Waals surface area contributed by atoms with Gasteiger partial charge in [-0.15, -0.1) is 0 Å². The summed E-state index contributed by atoms with van der Waals surface area (Å²) in [7, 11) is 1.64. The summed E-state index contributed by atoms with van der Waals surface area (Å²) >= 11 is 3.48. The van der Waals surface area contributed by atoms with Gasteiger partial charge in [0.05, 0.1) is 17.6 Å². The number of methoxy groups -OCH3 is 1. The van der Waals surface area contributed by atoms with Gasteiger partial charge < -0.3 is 10.1 Å². The van der Waals surface area contributed by atoms with Gasteiger partial charge in [0.2, 0.25) is 5.91 Å². The van der Waals surface area contributed by atoms with Crippen molar-refractivity contribution in [3.8, 4) is 5.75 Å². The summed E-state index contributed by atoms with van der Waals surface area (Å²) in [6.45, 7) is 2.32. The van der Waals surface area contributed by atoms with Crippen LogP contribution in [0.15, 0.2) is 53.0 Å². The van der Waals surface area contributed by atoms with Crippen LogP contribution in [-0.2, 0) is 17.9 Å². The minimum Gasteiger partial charge on any atom is -0.496 e. The van der Waals surface area contributed by atoms with E-state index < -0.39 is 0 Å². The highest BCUT2D eigenvalue weighted by Crippen LogP contribution is 2.25. The zero-order chi connectivity index (χ0) is 17.6. The van der Waals surface area contributed by atoms with Crippen molar-refractivity contribution >= 4 is 21.8 Å². The third-order valence-corrected chi connectivity index (χ3v) is 5.20. The van der Waals surface area contributed by atoms with Gasteiger partial charge in [-0.25, -0.2) is 0 Å². The summed E-state index contributed by atoms with van der Waals surface area (Å²) in [6, 6.07) is 16.2. The van der Waals surface area contributed by atoms with Gasteiger partial charge >= 0.3 is 0 Å². The third kappa shape index (κ3) is 4.61. The number of nitrogens with zero attached hydrogens (tertiary/aromatic N) is 1. The topological polar surface area (TPSA) is 41.6 Å². The molecule has 0 spiro atoms. The molecule has 1 saturated heterocycles. The smallest absolute Gasteiger partial charge is 0.237 e. The molecule has 25 heavy (non-hydrogen) atoms. The maximum absolute atomic E-state index is 12.6. The zero-order valence-electron chi connectivity index (χ0n) is 14.4. The monoisotopic (exact) mass is 402 g/mol. The van der Waals surface area contributed by atoms with Crippen LogP contribution < -0.4 is 10.1 Å². The highest BCUT2D eigenvalue weighted by molar-refractivity contribution is 9.10. The van der Waals surface area contributed by atoms with Crippen LogP contribution in [0.1, 0.15) is 24.0 Å². The zero-order valence-corrected chi connectivity index (χ0v) is 16.0. The Labute approximate surface area is 157 Å². The largest absolute Gasteiger partial charge is 0.496 e. The van der Waals surface area contributed by atoms with E-state index in [1.807, 2.05) is 36.4 Å². The van der Waals surface area contributed by atoms with E-state index in [1.165, 1.54) is 5.56 Å². The Hall–Kier alpha value is -1.85. The molecule has 0 bridgehead atoms. The molecule has 1 atom stereocenters. The lowest BCUT2D eigenvalue weighted by atomic mass is 10.1. The summed E-state index contributed by atoms with van der Waals surface area (Å²) in [5, 5.41) is 3.08. The van der Waals surface area contributed by atoms with Gasteiger partial charge in [-0.05, 0) is 58.6 Å². The molecule has 1 heterocycles. The second kappa shape index (κ2) is 8.50. The van der Waals surface area contributed by atoms with Crippen molar-refractivity contribution in [2.24, 2.45) is 0 Å². The molecule has 2 aromatic carbocycles. The van der Waals surface area contributed by atoms with Gasteiger partial charge in [0.15, 0.2) is 0 Å². The summed E-state index contributed by atoms with van der Waals surface area (Å²) < 4.78 is 6.13. The highest BCUT2D eigenvalue weighted by Gasteiger charge is 2.30. The van der Waals surface area contributed by atoms with Crippen LogP contribution in [0.3, 0.4) is 0 Å². The number of ether oxygens (including phenoxy) is 1. The molecular weight excluding hydrogens is 380 g/mol. The Kier molecular flexibility index (Phi) is 6.10. The lowest BCUT2D eigenvalue weighted by molar-refractivity contribution is -0.125. The predicted octanol–water partition coefficient (Wildman–Crippen LogP) is 3.74. The molecule has 4 nitrogen and oxygen atoms in total. The summed E-state index contributed by atoms with van der Waals surface area (Å²) in [5.74, 6) is 0.903. The van der Waals surface area contributed by atoms with Crippen molar-refractivity contribution in [3.05, 3.63) is 64.1 Å². The summed E-state index contributed by atoms with van der Waals surface area (Å²) in [6.07, 6.45) is 1.99.